The van der Waals surface area contributed by atoms with Gasteiger partial charge < -0.3 is 10.1 Å². The Balaban J connectivity index is 2.08. The Morgan fingerprint density at radius 2 is 1.61 bits per heavy atom. The number of carbonyl (C=O) groups is 1. The molecule has 0 fully saturated rings. The molecule has 0 aromatic heterocycles. The zero-order chi connectivity index (χ0) is 17.0. The first-order valence-electron chi connectivity index (χ1n) is 8.01. The summed E-state index contributed by atoms with van der Waals surface area (Å²) < 4.78 is 5.80. The molecule has 0 spiro atoms. The number of hydrogen-bond donors (Lipinski definition) is 1. The molecular weight excluding hydrogens is 286 g/mol. The maximum Gasteiger partial charge on any atom is 0.265 e. The van der Waals surface area contributed by atoms with Gasteiger partial charge >= 0.3 is 0 Å². The lowest BCUT2D eigenvalue weighted by atomic mass is 10.0. The van der Waals surface area contributed by atoms with Gasteiger partial charge in [0.25, 0.3) is 5.91 Å². The second-order valence-corrected chi connectivity index (χ2v) is 6.31. The summed E-state index contributed by atoms with van der Waals surface area (Å²) >= 11 is 0. The maximum atomic E-state index is 12.4. The summed E-state index contributed by atoms with van der Waals surface area (Å²) in [6.45, 7) is 10.0. The fourth-order valence-corrected chi connectivity index (χ4v) is 2.61. The number of amides is 1. The first kappa shape index (κ1) is 17.1. The summed E-state index contributed by atoms with van der Waals surface area (Å²) in [4.78, 5) is 12.4. The van der Waals surface area contributed by atoms with Crippen LogP contribution in [0.4, 0.5) is 5.69 Å². The summed E-state index contributed by atoms with van der Waals surface area (Å²) in [6.07, 6.45) is -0.559. The molecule has 3 nitrogen and oxygen atoms in total. The first-order valence-corrected chi connectivity index (χ1v) is 8.01. The second kappa shape index (κ2) is 7.32. The molecule has 2 aromatic carbocycles. The van der Waals surface area contributed by atoms with E-state index in [9.17, 15) is 4.79 Å². The van der Waals surface area contributed by atoms with Crippen molar-refractivity contribution in [3.05, 3.63) is 59.2 Å². The van der Waals surface area contributed by atoms with Gasteiger partial charge in [0.2, 0.25) is 0 Å². The predicted molar refractivity (Wildman–Crippen MR) is 95.2 cm³/mol. The summed E-state index contributed by atoms with van der Waals surface area (Å²) in [5, 5.41) is 2.98. The molecule has 122 valence electrons. The number of rotatable bonds is 5. The topological polar surface area (TPSA) is 38.3 Å². The lowest BCUT2D eigenvalue weighted by molar-refractivity contribution is -0.122. The molecule has 0 saturated carbocycles. The van der Waals surface area contributed by atoms with Crippen LogP contribution in [0.25, 0.3) is 0 Å². The van der Waals surface area contributed by atoms with Gasteiger partial charge in [-0.05, 0) is 61.6 Å². The minimum atomic E-state index is -0.559. The number of ether oxygens (including phenoxy) is 1. The van der Waals surface area contributed by atoms with Crippen LogP contribution >= 0.6 is 0 Å². The van der Waals surface area contributed by atoms with Crippen molar-refractivity contribution in [2.24, 2.45) is 0 Å². The van der Waals surface area contributed by atoms with Crippen LogP contribution in [0.3, 0.4) is 0 Å². The SMILES string of the molecule is Cc1cc(C)cc(O[C@H](C)C(=O)Nc2ccccc2C(C)C)c1. The highest BCUT2D eigenvalue weighted by molar-refractivity contribution is 5.94. The van der Waals surface area contributed by atoms with Gasteiger partial charge in [0.05, 0.1) is 0 Å². The van der Waals surface area contributed by atoms with Gasteiger partial charge in [-0.1, -0.05) is 38.1 Å². The molecule has 2 aromatic rings. The van der Waals surface area contributed by atoms with E-state index in [2.05, 4.69) is 25.2 Å². The van der Waals surface area contributed by atoms with Gasteiger partial charge in [-0.3, -0.25) is 4.79 Å². The molecule has 1 atom stereocenters. The number of carbonyl (C=O) groups excluding carboxylic acids is 1. The lowest BCUT2D eigenvalue weighted by Gasteiger charge is -2.18. The average Bonchev–Trinajstić information content (AvgIpc) is 2.46. The van der Waals surface area contributed by atoms with Crippen molar-refractivity contribution >= 4 is 11.6 Å². The molecule has 0 aliphatic carbocycles. The van der Waals surface area contributed by atoms with Crippen LogP contribution in [0.5, 0.6) is 5.75 Å². The third-order valence-corrected chi connectivity index (χ3v) is 3.72. The Labute approximate surface area is 138 Å². The molecule has 0 aliphatic heterocycles. The fraction of sp³-hybridized carbons (Fsp3) is 0.350. The molecule has 2 rings (SSSR count). The van der Waals surface area contributed by atoms with Gasteiger partial charge in [-0.2, -0.15) is 0 Å². The molecular formula is C20H25NO2. The Hall–Kier alpha value is -2.29. The van der Waals surface area contributed by atoms with Crippen LogP contribution in [0, 0.1) is 13.8 Å². The number of nitrogens with one attached hydrogen (secondary N) is 1. The van der Waals surface area contributed by atoms with Crippen molar-refractivity contribution in [2.75, 3.05) is 5.32 Å². The van der Waals surface area contributed by atoms with Crippen molar-refractivity contribution in [1.82, 2.24) is 0 Å². The first-order chi connectivity index (χ1) is 10.9. The zero-order valence-electron chi connectivity index (χ0n) is 14.5. The Kier molecular flexibility index (Phi) is 5.43. The number of anilines is 1. The van der Waals surface area contributed by atoms with E-state index in [0.717, 1.165) is 28.1 Å². The minimum absolute atomic E-state index is 0.141. The van der Waals surface area contributed by atoms with Gasteiger partial charge in [0.1, 0.15) is 5.75 Å². The van der Waals surface area contributed by atoms with Gasteiger partial charge in [-0.15, -0.1) is 0 Å². The van der Waals surface area contributed by atoms with E-state index >= 15 is 0 Å². The minimum Gasteiger partial charge on any atom is -0.481 e. The van der Waals surface area contributed by atoms with Crippen molar-refractivity contribution in [2.45, 2.75) is 46.6 Å². The maximum absolute atomic E-state index is 12.4. The van der Waals surface area contributed by atoms with Crippen molar-refractivity contribution < 1.29 is 9.53 Å². The van der Waals surface area contributed by atoms with Gasteiger partial charge in [0, 0.05) is 5.69 Å². The molecule has 3 heteroatoms. The quantitative estimate of drug-likeness (QED) is 0.858. The van der Waals surface area contributed by atoms with Crippen LogP contribution in [-0.4, -0.2) is 12.0 Å². The van der Waals surface area contributed by atoms with E-state index in [0.29, 0.717) is 5.92 Å². The molecule has 0 radical (unpaired) electrons. The number of aryl methyl sites for hydroxylation is 2. The highest BCUT2D eigenvalue weighted by Crippen LogP contribution is 2.24. The van der Waals surface area contributed by atoms with Crippen LogP contribution in [-0.2, 0) is 4.79 Å². The third kappa shape index (κ3) is 4.59. The highest BCUT2D eigenvalue weighted by atomic mass is 16.5. The molecule has 0 saturated heterocycles. The number of para-hydroxylation sites is 1. The standard InChI is InChI=1S/C20H25NO2/c1-13(2)18-8-6-7-9-19(18)21-20(22)16(5)23-17-11-14(3)10-15(4)12-17/h6-13,16H,1-5H3,(H,21,22)/t16-/m1/s1. The Bertz CT molecular complexity index is 672. The smallest absolute Gasteiger partial charge is 0.265 e. The summed E-state index contributed by atoms with van der Waals surface area (Å²) in [5.41, 5.74) is 4.22. The van der Waals surface area contributed by atoms with E-state index < -0.39 is 6.10 Å². The van der Waals surface area contributed by atoms with E-state index in [4.69, 9.17) is 4.74 Å². The van der Waals surface area contributed by atoms with E-state index in [1.165, 1.54) is 0 Å². The Morgan fingerprint density at radius 1 is 1.00 bits per heavy atom. The van der Waals surface area contributed by atoms with Gasteiger partial charge in [0.15, 0.2) is 6.10 Å². The van der Waals surface area contributed by atoms with Crippen LogP contribution in [0.15, 0.2) is 42.5 Å². The average molecular weight is 311 g/mol. The lowest BCUT2D eigenvalue weighted by Crippen LogP contribution is -2.30. The molecule has 0 bridgehead atoms. The van der Waals surface area contributed by atoms with E-state index in [1.807, 2.05) is 50.2 Å². The monoisotopic (exact) mass is 311 g/mol. The molecule has 0 aliphatic rings. The van der Waals surface area contributed by atoms with Crippen molar-refractivity contribution in [3.8, 4) is 5.75 Å². The molecule has 0 heterocycles. The molecule has 0 unspecified atom stereocenters. The third-order valence-electron chi connectivity index (χ3n) is 3.72. The van der Waals surface area contributed by atoms with Crippen molar-refractivity contribution in [3.63, 3.8) is 0 Å². The predicted octanol–water partition coefficient (Wildman–Crippen LogP) is 4.83. The van der Waals surface area contributed by atoms with Gasteiger partial charge in [-0.25, -0.2) is 0 Å². The summed E-state index contributed by atoms with van der Waals surface area (Å²) in [7, 11) is 0. The van der Waals surface area contributed by atoms with E-state index in [-0.39, 0.29) is 5.91 Å². The van der Waals surface area contributed by atoms with Crippen molar-refractivity contribution in [1.29, 1.82) is 0 Å². The summed E-state index contributed by atoms with van der Waals surface area (Å²) in [6, 6.07) is 13.8. The number of benzene rings is 2. The fourth-order valence-electron chi connectivity index (χ4n) is 2.61. The Morgan fingerprint density at radius 3 is 2.22 bits per heavy atom. The molecule has 23 heavy (non-hydrogen) atoms. The number of hydrogen-bond acceptors (Lipinski definition) is 2. The largest absolute Gasteiger partial charge is 0.481 e. The van der Waals surface area contributed by atoms with Crippen LogP contribution in [0.2, 0.25) is 0 Å². The summed E-state index contributed by atoms with van der Waals surface area (Å²) in [5.74, 6) is 0.932. The van der Waals surface area contributed by atoms with Crippen LogP contribution < -0.4 is 10.1 Å². The molecule has 1 amide bonds. The zero-order valence-corrected chi connectivity index (χ0v) is 14.5. The molecule has 1 N–H and O–H groups in total. The normalized spacial score (nSPS) is 12.1. The highest BCUT2D eigenvalue weighted by Gasteiger charge is 2.17. The van der Waals surface area contributed by atoms with E-state index in [1.54, 1.807) is 6.92 Å². The van der Waals surface area contributed by atoms with Crippen LogP contribution in [0.1, 0.15) is 43.4 Å². The second-order valence-electron chi connectivity index (χ2n) is 6.31.